The molecule has 0 amide bonds. The topological polar surface area (TPSA) is 64.0 Å². The van der Waals surface area contributed by atoms with Crippen LogP contribution in [0.4, 0.5) is 5.69 Å². The average Bonchev–Trinajstić information content (AvgIpc) is 2.65. The maximum Gasteiger partial charge on any atom is 0.152 e. The molecule has 0 saturated heterocycles. The molecular weight excluding hydrogens is 238 g/mol. The van der Waals surface area contributed by atoms with E-state index >= 15 is 0 Å². The molecule has 1 rings (SSSR count). The lowest BCUT2D eigenvalue weighted by Crippen LogP contribution is -2.26. The van der Waals surface area contributed by atoms with Crippen LogP contribution < -0.4 is 5.32 Å². The number of hydrogen-bond acceptors (Lipinski definition) is 4. The van der Waals surface area contributed by atoms with E-state index in [1.165, 1.54) is 0 Å². The zero-order valence-corrected chi connectivity index (χ0v) is 11.5. The number of nitrogens with one attached hydrogen (secondary N) is 1. The third-order valence-electron chi connectivity index (χ3n) is 2.44. The Morgan fingerprint density at radius 3 is 2.76 bits per heavy atom. The van der Waals surface area contributed by atoms with E-state index in [1.54, 1.807) is 13.1 Å². The van der Waals surface area contributed by atoms with Gasteiger partial charge in [0.2, 0.25) is 0 Å². The smallest absolute Gasteiger partial charge is 0.152 e. The number of aromatic nitrogens is 2. The summed E-state index contributed by atoms with van der Waals surface area (Å²) in [6, 6.07) is -0.0979. The first-order valence-electron chi connectivity index (χ1n) is 5.96. The van der Waals surface area contributed by atoms with Crippen molar-refractivity contribution < 1.29 is 8.42 Å². The molecule has 1 N–H and O–H groups in total. The SMILES string of the molecule is CCCn1cc(NC(C)CS(=O)(=O)CC)cn1. The van der Waals surface area contributed by atoms with E-state index in [4.69, 9.17) is 0 Å². The highest BCUT2D eigenvalue weighted by Gasteiger charge is 2.13. The van der Waals surface area contributed by atoms with E-state index in [1.807, 2.05) is 17.8 Å². The quantitative estimate of drug-likeness (QED) is 0.806. The monoisotopic (exact) mass is 259 g/mol. The van der Waals surface area contributed by atoms with Crippen LogP contribution in [-0.4, -0.2) is 35.7 Å². The van der Waals surface area contributed by atoms with Crippen LogP contribution in [0, 0.1) is 0 Å². The summed E-state index contributed by atoms with van der Waals surface area (Å²) in [7, 11) is -2.93. The van der Waals surface area contributed by atoms with Crippen LogP contribution in [0.2, 0.25) is 0 Å². The fourth-order valence-corrected chi connectivity index (χ4v) is 2.70. The Kier molecular flexibility index (Phi) is 4.99. The molecule has 1 heterocycles. The van der Waals surface area contributed by atoms with E-state index in [-0.39, 0.29) is 17.5 Å². The molecule has 0 aliphatic carbocycles. The standard InChI is InChI=1S/C11H21N3O2S/c1-4-6-14-8-11(7-12-14)13-10(3)9-17(15,16)5-2/h7-8,10,13H,4-6,9H2,1-3H3. The van der Waals surface area contributed by atoms with Crippen LogP contribution in [-0.2, 0) is 16.4 Å². The van der Waals surface area contributed by atoms with Gasteiger partial charge in [0.05, 0.1) is 17.6 Å². The van der Waals surface area contributed by atoms with Crippen molar-refractivity contribution in [3.05, 3.63) is 12.4 Å². The second kappa shape index (κ2) is 6.05. The zero-order valence-electron chi connectivity index (χ0n) is 10.7. The van der Waals surface area contributed by atoms with Crippen LogP contribution in [0.1, 0.15) is 27.2 Å². The second-order valence-corrected chi connectivity index (χ2v) is 6.63. The molecular formula is C11H21N3O2S. The molecule has 0 aliphatic heterocycles. The third-order valence-corrected chi connectivity index (χ3v) is 4.33. The van der Waals surface area contributed by atoms with Gasteiger partial charge in [0.1, 0.15) is 0 Å². The number of nitrogens with zero attached hydrogens (tertiary/aromatic N) is 2. The van der Waals surface area contributed by atoms with Gasteiger partial charge in [-0.1, -0.05) is 13.8 Å². The van der Waals surface area contributed by atoms with Gasteiger partial charge < -0.3 is 5.32 Å². The van der Waals surface area contributed by atoms with Gasteiger partial charge in [-0.05, 0) is 13.3 Å². The normalized spacial score (nSPS) is 13.6. The highest BCUT2D eigenvalue weighted by molar-refractivity contribution is 7.91. The molecule has 6 heteroatoms. The van der Waals surface area contributed by atoms with E-state index in [0.717, 1.165) is 18.7 Å². The molecule has 0 radical (unpaired) electrons. The summed E-state index contributed by atoms with van der Waals surface area (Å²) in [5, 5.41) is 7.33. The molecule has 0 spiro atoms. The molecule has 1 unspecified atom stereocenters. The van der Waals surface area contributed by atoms with Crippen LogP contribution in [0.25, 0.3) is 0 Å². The minimum Gasteiger partial charge on any atom is -0.379 e. The number of hydrogen-bond donors (Lipinski definition) is 1. The van der Waals surface area contributed by atoms with Crippen LogP contribution in [0.5, 0.6) is 0 Å². The van der Waals surface area contributed by atoms with Crippen molar-refractivity contribution in [1.82, 2.24) is 9.78 Å². The largest absolute Gasteiger partial charge is 0.379 e. The van der Waals surface area contributed by atoms with E-state index in [0.29, 0.717) is 0 Å². The fourth-order valence-electron chi connectivity index (χ4n) is 1.61. The minimum atomic E-state index is -2.93. The van der Waals surface area contributed by atoms with Crippen molar-refractivity contribution in [3.63, 3.8) is 0 Å². The van der Waals surface area contributed by atoms with Gasteiger partial charge >= 0.3 is 0 Å². The Morgan fingerprint density at radius 1 is 1.47 bits per heavy atom. The molecule has 17 heavy (non-hydrogen) atoms. The summed E-state index contributed by atoms with van der Waals surface area (Å²) in [6.45, 7) is 6.50. The average molecular weight is 259 g/mol. The van der Waals surface area contributed by atoms with Crippen LogP contribution in [0.15, 0.2) is 12.4 Å². The van der Waals surface area contributed by atoms with E-state index < -0.39 is 9.84 Å². The van der Waals surface area contributed by atoms with Gasteiger partial charge in [0.25, 0.3) is 0 Å². The fraction of sp³-hybridized carbons (Fsp3) is 0.727. The first-order valence-corrected chi connectivity index (χ1v) is 7.78. The van der Waals surface area contributed by atoms with Crippen molar-refractivity contribution in [2.45, 2.75) is 39.8 Å². The molecule has 0 aromatic carbocycles. The molecule has 0 fully saturated rings. The van der Waals surface area contributed by atoms with Crippen molar-refractivity contribution >= 4 is 15.5 Å². The van der Waals surface area contributed by atoms with Gasteiger partial charge in [-0.3, -0.25) is 4.68 Å². The van der Waals surface area contributed by atoms with Gasteiger partial charge in [0.15, 0.2) is 9.84 Å². The van der Waals surface area contributed by atoms with E-state index in [2.05, 4.69) is 17.3 Å². The first-order chi connectivity index (χ1) is 7.96. The summed E-state index contributed by atoms with van der Waals surface area (Å²) in [4.78, 5) is 0. The summed E-state index contributed by atoms with van der Waals surface area (Å²) < 4.78 is 24.7. The minimum absolute atomic E-state index is 0.0979. The highest BCUT2D eigenvalue weighted by atomic mass is 32.2. The Labute approximate surface area is 103 Å². The van der Waals surface area contributed by atoms with Crippen molar-refractivity contribution in [3.8, 4) is 0 Å². The molecule has 1 aromatic rings. The first kappa shape index (κ1) is 14.0. The summed E-state index contributed by atoms with van der Waals surface area (Å²) in [5.41, 5.74) is 0.872. The lowest BCUT2D eigenvalue weighted by atomic mass is 10.4. The maximum absolute atomic E-state index is 11.4. The Hall–Kier alpha value is -1.04. The van der Waals surface area contributed by atoms with Gasteiger partial charge in [-0.15, -0.1) is 0 Å². The Morgan fingerprint density at radius 2 is 2.18 bits per heavy atom. The third kappa shape index (κ3) is 4.77. The molecule has 0 saturated carbocycles. The Bertz CT molecular complexity index is 439. The lowest BCUT2D eigenvalue weighted by Gasteiger charge is -2.12. The molecule has 1 atom stereocenters. The maximum atomic E-state index is 11.4. The highest BCUT2D eigenvalue weighted by Crippen LogP contribution is 2.08. The number of rotatable bonds is 7. The van der Waals surface area contributed by atoms with Crippen molar-refractivity contribution in [2.75, 3.05) is 16.8 Å². The summed E-state index contributed by atoms with van der Waals surface area (Å²) >= 11 is 0. The van der Waals surface area contributed by atoms with Crippen molar-refractivity contribution in [2.24, 2.45) is 0 Å². The molecule has 0 bridgehead atoms. The predicted molar refractivity (Wildman–Crippen MR) is 69.9 cm³/mol. The van der Waals surface area contributed by atoms with Crippen molar-refractivity contribution in [1.29, 1.82) is 0 Å². The lowest BCUT2D eigenvalue weighted by molar-refractivity contribution is 0.593. The zero-order chi connectivity index (χ0) is 12.9. The molecule has 1 aromatic heterocycles. The summed E-state index contributed by atoms with van der Waals surface area (Å²) in [5.74, 6) is 0.344. The van der Waals surface area contributed by atoms with Crippen LogP contribution in [0.3, 0.4) is 0 Å². The number of anilines is 1. The van der Waals surface area contributed by atoms with Gasteiger partial charge in [-0.25, -0.2) is 8.42 Å². The second-order valence-electron chi connectivity index (χ2n) is 4.24. The Balaban J connectivity index is 2.53. The number of sulfone groups is 1. The molecule has 0 aliphatic rings. The molecule has 98 valence electrons. The number of aryl methyl sites for hydroxylation is 1. The summed E-state index contributed by atoms with van der Waals surface area (Å²) in [6.07, 6.45) is 4.66. The van der Waals surface area contributed by atoms with E-state index in [9.17, 15) is 8.42 Å². The van der Waals surface area contributed by atoms with Crippen LogP contribution >= 0.6 is 0 Å². The molecule has 5 nitrogen and oxygen atoms in total. The van der Waals surface area contributed by atoms with Gasteiger partial charge in [0, 0.05) is 24.5 Å². The van der Waals surface area contributed by atoms with Gasteiger partial charge in [-0.2, -0.15) is 5.10 Å². The predicted octanol–water partition coefficient (Wildman–Crippen LogP) is 1.53.